The Kier molecular flexibility index (Phi) is 9.57. The maximum absolute atomic E-state index is 6.29. The van der Waals surface area contributed by atoms with Gasteiger partial charge in [-0.05, 0) is 110 Å². The van der Waals surface area contributed by atoms with Gasteiger partial charge in [0.2, 0.25) is 0 Å². The molecule has 0 N–H and O–H groups in total. The molecule has 10 aromatic carbocycles. The van der Waals surface area contributed by atoms with Crippen LogP contribution < -0.4 is 4.90 Å². The van der Waals surface area contributed by atoms with Crippen molar-refractivity contribution in [2.45, 2.75) is 0 Å². The quantitative estimate of drug-likeness (QED) is 0.145. The fourth-order valence-corrected chi connectivity index (χ4v) is 8.70. The van der Waals surface area contributed by atoms with Crippen molar-refractivity contribution < 1.29 is 4.42 Å². The zero-order valence-corrected chi connectivity index (χ0v) is 34.0. The summed E-state index contributed by atoms with van der Waals surface area (Å²) in [5, 5.41) is 3.45. The molecule has 62 heavy (non-hydrogen) atoms. The average Bonchev–Trinajstić information content (AvgIpc) is 3.80. The Hall–Kier alpha value is -8.20. The van der Waals surface area contributed by atoms with Gasteiger partial charge in [0.25, 0.3) is 0 Å². The van der Waals surface area contributed by atoms with Crippen LogP contribution in [0.1, 0.15) is 0 Å². The van der Waals surface area contributed by atoms with Crippen LogP contribution in [0.4, 0.5) is 17.1 Å². The molecular formula is C60H41NO. The second-order valence-corrected chi connectivity index (χ2v) is 15.7. The SMILES string of the molecule is c1ccc(-c2ccc(-c3ccc(N(c4ccc(-c5ccc(-c6ccccc6)cc5)cc4)c4ccc(-c5cccc(-c6cc7ccccc7o6)c5)c5ccccc45)cc3)cc2)cc1. The van der Waals surface area contributed by atoms with Crippen LogP contribution in [0.5, 0.6) is 0 Å². The number of para-hydroxylation sites is 1. The molecule has 0 aliphatic heterocycles. The number of nitrogens with zero attached hydrogens (tertiary/aromatic N) is 1. The summed E-state index contributed by atoms with van der Waals surface area (Å²) in [6.45, 7) is 0. The molecule has 0 radical (unpaired) electrons. The molecule has 292 valence electrons. The number of anilines is 3. The van der Waals surface area contributed by atoms with Crippen LogP contribution in [0, 0.1) is 0 Å². The lowest BCUT2D eigenvalue weighted by atomic mass is 9.94. The molecule has 2 heteroatoms. The first-order chi connectivity index (χ1) is 30.7. The van der Waals surface area contributed by atoms with Crippen molar-refractivity contribution in [3.8, 4) is 67.0 Å². The number of benzene rings is 10. The predicted octanol–water partition coefficient (Wildman–Crippen LogP) is 17.1. The Morgan fingerprint density at radius 2 is 0.694 bits per heavy atom. The van der Waals surface area contributed by atoms with Crippen LogP contribution in [0.3, 0.4) is 0 Å². The largest absolute Gasteiger partial charge is 0.456 e. The molecule has 0 amide bonds. The van der Waals surface area contributed by atoms with E-state index in [1.807, 2.05) is 18.2 Å². The predicted molar refractivity (Wildman–Crippen MR) is 261 cm³/mol. The molecule has 1 heterocycles. The fraction of sp³-hybridized carbons (Fsp3) is 0. The van der Waals surface area contributed by atoms with E-state index in [0.29, 0.717) is 0 Å². The van der Waals surface area contributed by atoms with Crippen LogP contribution in [0.15, 0.2) is 253 Å². The Morgan fingerprint density at radius 3 is 1.23 bits per heavy atom. The van der Waals surface area contributed by atoms with E-state index < -0.39 is 0 Å². The topological polar surface area (TPSA) is 16.4 Å². The van der Waals surface area contributed by atoms with E-state index in [0.717, 1.165) is 44.9 Å². The van der Waals surface area contributed by atoms with Crippen molar-refractivity contribution in [1.82, 2.24) is 0 Å². The van der Waals surface area contributed by atoms with E-state index in [-0.39, 0.29) is 0 Å². The van der Waals surface area contributed by atoms with Crippen LogP contribution >= 0.6 is 0 Å². The lowest BCUT2D eigenvalue weighted by molar-refractivity contribution is 0.631. The molecule has 0 bridgehead atoms. The Bertz CT molecular complexity index is 3130. The zero-order chi connectivity index (χ0) is 41.2. The highest BCUT2D eigenvalue weighted by atomic mass is 16.3. The van der Waals surface area contributed by atoms with Crippen molar-refractivity contribution in [2.24, 2.45) is 0 Å². The van der Waals surface area contributed by atoms with Gasteiger partial charge in [-0.3, -0.25) is 0 Å². The third-order valence-corrected chi connectivity index (χ3v) is 11.9. The van der Waals surface area contributed by atoms with Crippen molar-refractivity contribution in [3.05, 3.63) is 249 Å². The highest BCUT2D eigenvalue weighted by Crippen LogP contribution is 2.43. The van der Waals surface area contributed by atoms with Gasteiger partial charge >= 0.3 is 0 Å². The molecular weight excluding hydrogens is 751 g/mol. The molecule has 0 saturated heterocycles. The average molecular weight is 792 g/mol. The van der Waals surface area contributed by atoms with E-state index in [1.165, 1.54) is 60.8 Å². The smallest absolute Gasteiger partial charge is 0.135 e. The van der Waals surface area contributed by atoms with Crippen LogP contribution in [-0.2, 0) is 0 Å². The van der Waals surface area contributed by atoms with Crippen molar-refractivity contribution in [2.75, 3.05) is 4.90 Å². The number of rotatable bonds is 9. The summed E-state index contributed by atoms with van der Waals surface area (Å²) < 4.78 is 6.29. The van der Waals surface area contributed by atoms with Crippen LogP contribution in [-0.4, -0.2) is 0 Å². The molecule has 0 saturated carbocycles. The molecule has 0 aliphatic carbocycles. The first-order valence-corrected chi connectivity index (χ1v) is 21.2. The normalized spacial score (nSPS) is 11.2. The number of furan rings is 1. The lowest BCUT2D eigenvalue weighted by Gasteiger charge is -2.28. The van der Waals surface area contributed by atoms with Gasteiger partial charge in [0.15, 0.2) is 0 Å². The van der Waals surface area contributed by atoms with Crippen molar-refractivity contribution >= 4 is 38.8 Å². The Balaban J connectivity index is 0.979. The summed E-state index contributed by atoms with van der Waals surface area (Å²) in [5.74, 6) is 0.867. The van der Waals surface area contributed by atoms with Gasteiger partial charge in [0, 0.05) is 27.7 Å². The van der Waals surface area contributed by atoms with Crippen molar-refractivity contribution in [3.63, 3.8) is 0 Å². The van der Waals surface area contributed by atoms with Gasteiger partial charge in [0.05, 0.1) is 5.69 Å². The number of hydrogen-bond donors (Lipinski definition) is 0. The van der Waals surface area contributed by atoms with E-state index >= 15 is 0 Å². The second-order valence-electron chi connectivity index (χ2n) is 15.7. The van der Waals surface area contributed by atoms with Gasteiger partial charge in [-0.1, -0.05) is 200 Å². The summed E-state index contributed by atoms with van der Waals surface area (Å²) in [4.78, 5) is 2.39. The molecule has 0 aliphatic rings. The maximum Gasteiger partial charge on any atom is 0.135 e. The van der Waals surface area contributed by atoms with Crippen molar-refractivity contribution in [1.29, 1.82) is 0 Å². The van der Waals surface area contributed by atoms with Gasteiger partial charge in [-0.15, -0.1) is 0 Å². The van der Waals surface area contributed by atoms with Gasteiger partial charge < -0.3 is 9.32 Å². The second kappa shape index (κ2) is 16.1. The first kappa shape index (κ1) is 36.8. The Labute approximate surface area is 362 Å². The molecule has 11 rings (SSSR count). The van der Waals surface area contributed by atoms with Gasteiger partial charge in [-0.2, -0.15) is 0 Å². The van der Waals surface area contributed by atoms with Gasteiger partial charge in [-0.25, -0.2) is 0 Å². The monoisotopic (exact) mass is 791 g/mol. The molecule has 0 atom stereocenters. The summed E-state index contributed by atoms with van der Waals surface area (Å²) in [6, 6.07) is 89.0. The fourth-order valence-electron chi connectivity index (χ4n) is 8.70. The minimum Gasteiger partial charge on any atom is -0.456 e. The summed E-state index contributed by atoms with van der Waals surface area (Å²) >= 11 is 0. The van der Waals surface area contributed by atoms with Crippen LogP contribution in [0.25, 0.3) is 88.7 Å². The summed E-state index contributed by atoms with van der Waals surface area (Å²) in [6.07, 6.45) is 0. The third kappa shape index (κ3) is 7.14. The third-order valence-electron chi connectivity index (χ3n) is 11.9. The molecule has 0 unspecified atom stereocenters. The summed E-state index contributed by atoms with van der Waals surface area (Å²) in [7, 11) is 0. The molecule has 1 aromatic heterocycles. The maximum atomic E-state index is 6.29. The molecule has 11 aromatic rings. The minimum absolute atomic E-state index is 0.867. The van der Waals surface area contributed by atoms with E-state index in [4.69, 9.17) is 4.42 Å². The van der Waals surface area contributed by atoms with E-state index in [1.54, 1.807) is 0 Å². The lowest BCUT2D eigenvalue weighted by Crippen LogP contribution is -2.10. The van der Waals surface area contributed by atoms with Gasteiger partial charge in [0.1, 0.15) is 11.3 Å². The molecule has 0 fully saturated rings. The first-order valence-electron chi connectivity index (χ1n) is 21.2. The zero-order valence-electron chi connectivity index (χ0n) is 34.0. The number of hydrogen-bond acceptors (Lipinski definition) is 2. The summed E-state index contributed by atoms with van der Waals surface area (Å²) in [5.41, 5.74) is 17.1. The standard InChI is InChI=1S/C60H41NO/c1-3-12-42(13-4-1)44-22-26-46(27-23-44)48-30-34-53(35-31-48)61(54-36-32-49(33-37-54)47-28-24-45(25-29-47)43-14-5-2-6-15-43)58-39-38-55(56-19-8-9-20-57(56)58)50-17-11-18-51(40-50)60-41-52-16-7-10-21-59(52)62-60/h1-41H. The van der Waals surface area contributed by atoms with E-state index in [9.17, 15) is 0 Å². The highest BCUT2D eigenvalue weighted by Gasteiger charge is 2.19. The Morgan fingerprint density at radius 1 is 0.274 bits per heavy atom. The minimum atomic E-state index is 0.867. The van der Waals surface area contributed by atoms with E-state index in [2.05, 4.69) is 235 Å². The molecule has 0 spiro atoms. The number of fused-ring (bicyclic) bond motifs is 2. The highest BCUT2D eigenvalue weighted by molar-refractivity contribution is 6.06. The van der Waals surface area contributed by atoms with Crippen LogP contribution in [0.2, 0.25) is 0 Å². The molecule has 2 nitrogen and oxygen atoms in total.